The number of benzene rings is 1. The predicted molar refractivity (Wildman–Crippen MR) is 81.7 cm³/mol. The summed E-state index contributed by atoms with van der Waals surface area (Å²) in [5.41, 5.74) is 5.72. The van der Waals surface area contributed by atoms with Crippen LogP contribution in [0, 0.1) is 10.1 Å². The van der Waals surface area contributed by atoms with E-state index in [-0.39, 0.29) is 17.1 Å². The average molecular weight is 369 g/mol. The first-order chi connectivity index (χ1) is 10.0. The fraction of sp³-hybridized carbons (Fsp3) is 0. The Hall–Kier alpha value is -2.13. The van der Waals surface area contributed by atoms with Gasteiger partial charge < -0.3 is 10.9 Å². The van der Waals surface area contributed by atoms with Gasteiger partial charge in [-0.2, -0.15) is 0 Å². The van der Waals surface area contributed by atoms with Gasteiger partial charge in [0.2, 0.25) is 0 Å². The average Bonchev–Trinajstić information content (AvgIpc) is 2.49. The minimum absolute atomic E-state index is 0.138. The molecule has 2 aromatic rings. The maximum absolute atomic E-state index is 10.8. The number of rotatable bonds is 4. The molecule has 0 aliphatic carbocycles. The number of nitro benzene ring substituents is 1. The summed E-state index contributed by atoms with van der Waals surface area (Å²) in [6, 6.07) is 7.75. The van der Waals surface area contributed by atoms with E-state index in [1.807, 2.05) is 6.07 Å². The quantitative estimate of drug-likeness (QED) is 0.282. The third-order valence-electron chi connectivity index (χ3n) is 2.49. The van der Waals surface area contributed by atoms with Crippen molar-refractivity contribution in [1.29, 1.82) is 0 Å². The highest BCUT2D eigenvalue weighted by molar-refractivity contribution is 9.10. The van der Waals surface area contributed by atoms with Crippen LogP contribution < -0.4 is 5.73 Å². The SMILES string of the molecule is NC(=NO)c1cc([N+](=O)[O-])ccc1Sc1ncccc1Br. The molecule has 1 aromatic carbocycles. The minimum Gasteiger partial charge on any atom is -0.409 e. The zero-order valence-corrected chi connectivity index (χ0v) is 12.8. The lowest BCUT2D eigenvalue weighted by Gasteiger charge is -2.08. The van der Waals surface area contributed by atoms with Crippen LogP contribution in [-0.4, -0.2) is 21.0 Å². The molecule has 0 fully saturated rings. The van der Waals surface area contributed by atoms with Crippen LogP contribution in [0.4, 0.5) is 5.69 Å². The predicted octanol–water partition coefficient (Wildman–Crippen LogP) is 3.00. The molecular formula is C12H9BrN4O3S. The molecule has 108 valence electrons. The van der Waals surface area contributed by atoms with Crippen molar-refractivity contribution < 1.29 is 10.1 Å². The zero-order chi connectivity index (χ0) is 15.4. The second-order valence-corrected chi connectivity index (χ2v) is 5.70. The van der Waals surface area contributed by atoms with E-state index < -0.39 is 4.92 Å². The second-order valence-electron chi connectivity index (χ2n) is 3.82. The highest BCUT2D eigenvalue weighted by Gasteiger charge is 2.16. The maximum atomic E-state index is 10.8. The number of non-ortho nitro benzene ring substituents is 1. The van der Waals surface area contributed by atoms with Crippen LogP contribution in [0.1, 0.15) is 5.56 Å². The minimum atomic E-state index is -0.542. The molecule has 2 rings (SSSR count). The Labute approximate surface area is 132 Å². The Bertz CT molecular complexity index is 723. The smallest absolute Gasteiger partial charge is 0.270 e. The topological polar surface area (TPSA) is 115 Å². The van der Waals surface area contributed by atoms with E-state index in [1.165, 1.54) is 30.0 Å². The molecule has 9 heteroatoms. The van der Waals surface area contributed by atoms with Gasteiger partial charge in [0, 0.05) is 28.8 Å². The van der Waals surface area contributed by atoms with Gasteiger partial charge in [0.1, 0.15) is 5.03 Å². The number of pyridine rings is 1. The number of hydrogen-bond acceptors (Lipinski definition) is 6. The van der Waals surface area contributed by atoms with Crippen molar-refractivity contribution in [2.24, 2.45) is 10.9 Å². The van der Waals surface area contributed by atoms with Crippen LogP contribution in [0.25, 0.3) is 0 Å². The number of nitrogens with zero attached hydrogens (tertiary/aromatic N) is 3. The van der Waals surface area contributed by atoms with Gasteiger partial charge in [-0.15, -0.1) is 0 Å². The number of hydrogen-bond donors (Lipinski definition) is 2. The normalized spacial score (nSPS) is 11.4. The molecule has 0 saturated carbocycles. The maximum Gasteiger partial charge on any atom is 0.270 e. The molecule has 1 aromatic heterocycles. The van der Waals surface area contributed by atoms with Crippen LogP contribution in [-0.2, 0) is 0 Å². The van der Waals surface area contributed by atoms with Crippen molar-refractivity contribution >= 4 is 39.2 Å². The summed E-state index contributed by atoms with van der Waals surface area (Å²) >= 11 is 4.62. The van der Waals surface area contributed by atoms with E-state index in [2.05, 4.69) is 26.1 Å². The van der Waals surface area contributed by atoms with Gasteiger partial charge in [-0.05, 0) is 34.1 Å². The van der Waals surface area contributed by atoms with Gasteiger partial charge in [0.15, 0.2) is 5.84 Å². The number of nitrogens with two attached hydrogens (primary N) is 1. The Balaban J connectivity index is 2.48. The van der Waals surface area contributed by atoms with Crippen molar-refractivity contribution in [1.82, 2.24) is 4.98 Å². The molecule has 0 saturated heterocycles. The number of nitro groups is 1. The van der Waals surface area contributed by atoms with Crippen molar-refractivity contribution in [3.63, 3.8) is 0 Å². The summed E-state index contributed by atoms with van der Waals surface area (Å²) in [4.78, 5) is 15.1. The summed E-state index contributed by atoms with van der Waals surface area (Å²) in [5.74, 6) is -0.201. The van der Waals surface area contributed by atoms with Crippen LogP contribution in [0.5, 0.6) is 0 Å². The van der Waals surface area contributed by atoms with Crippen molar-refractivity contribution in [3.05, 3.63) is 56.7 Å². The third kappa shape index (κ3) is 3.50. The lowest BCUT2D eigenvalue weighted by atomic mass is 10.2. The second kappa shape index (κ2) is 6.55. The Morgan fingerprint density at radius 2 is 2.24 bits per heavy atom. The fourth-order valence-electron chi connectivity index (χ4n) is 1.53. The molecule has 0 amide bonds. The molecule has 0 bridgehead atoms. The largest absolute Gasteiger partial charge is 0.409 e. The van der Waals surface area contributed by atoms with Gasteiger partial charge in [0.25, 0.3) is 5.69 Å². The first-order valence-corrected chi connectivity index (χ1v) is 7.18. The lowest BCUT2D eigenvalue weighted by molar-refractivity contribution is -0.384. The summed E-state index contributed by atoms with van der Waals surface area (Å²) < 4.78 is 0.777. The summed E-state index contributed by atoms with van der Waals surface area (Å²) in [7, 11) is 0. The van der Waals surface area contributed by atoms with Gasteiger partial charge in [0.05, 0.1) is 9.40 Å². The Kier molecular flexibility index (Phi) is 4.76. The molecule has 7 nitrogen and oxygen atoms in total. The summed E-state index contributed by atoms with van der Waals surface area (Å²) in [5, 5.41) is 23.2. The molecule has 1 heterocycles. The molecule has 21 heavy (non-hydrogen) atoms. The van der Waals surface area contributed by atoms with E-state index >= 15 is 0 Å². The first kappa shape index (κ1) is 15.3. The van der Waals surface area contributed by atoms with Crippen LogP contribution in [0.2, 0.25) is 0 Å². The Morgan fingerprint density at radius 1 is 1.48 bits per heavy atom. The molecule has 3 N–H and O–H groups in total. The zero-order valence-electron chi connectivity index (χ0n) is 10.4. The highest BCUT2D eigenvalue weighted by atomic mass is 79.9. The fourth-order valence-corrected chi connectivity index (χ4v) is 2.92. The van der Waals surface area contributed by atoms with Crippen molar-refractivity contribution in [3.8, 4) is 0 Å². The van der Waals surface area contributed by atoms with Gasteiger partial charge in [-0.3, -0.25) is 10.1 Å². The van der Waals surface area contributed by atoms with E-state index in [4.69, 9.17) is 10.9 Å². The Morgan fingerprint density at radius 3 is 2.86 bits per heavy atom. The van der Waals surface area contributed by atoms with Crippen LogP contribution in [0.3, 0.4) is 0 Å². The number of oxime groups is 1. The number of aromatic nitrogens is 1. The molecular weight excluding hydrogens is 360 g/mol. The molecule has 0 radical (unpaired) electrons. The summed E-state index contributed by atoms with van der Waals surface area (Å²) in [6.07, 6.45) is 1.63. The standard InChI is InChI=1S/C12H9BrN4O3S/c13-9-2-1-5-15-12(9)21-10-4-3-7(17(19)20)6-8(10)11(14)16-18/h1-6,18H,(H2,14,16). The van der Waals surface area contributed by atoms with Gasteiger partial charge >= 0.3 is 0 Å². The molecule has 0 aliphatic heterocycles. The van der Waals surface area contributed by atoms with Gasteiger partial charge in [-0.25, -0.2) is 4.98 Å². The third-order valence-corrected chi connectivity index (χ3v) is 4.49. The molecule has 0 unspecified atom stereocenters. The van der Waals surface area contributed by atoms with E-state index in [0.29, 0.717) is 9.92 Å². The van der Waals surface area contributed by atoms with Crippen LogP contribution in [0.15, 0.2) is 56.1 Å². The van der Waals surface area contributed by atoms with Crippen LogP contribution >= 0.6 is 27.7 Å². The highest BCUT2D eigenvalue weighted by Crippen LogP contribution is 2.34. The first-order valence-electron chi connectivity index (χ1n) is 5.57. The monoisotopic (exact) mass is 368 g/mol. The number of halogens is 1. The number of amidine groups is 1. The van der Waals surface area contributed by atoms with Crippen molar-refractivity contribution in [2.45, 2.75) is 9.92 Å². The molecule has 0 aliphatic rings. The van der Waals surface area contributed by atoms with E-state index in [1.54, 1.807) is 12.3 Å². The summed E-state index contributed by atoms with van der Waals surface area (Å²) in [6.45, 7) is 0. The van der Waals surface area contributed by atoms with E-state index in [0.717, 1.165) is 4.47 Å². The molecule has 0 spiro atoms. The lowest BCUT2D eigenvalue weighted by Crippen LogP contribution is -2.14. The molecule has 0 atom stereocenters. The van der Waals surface area contributed by atoms with Crippen molar-refractivity contribution in [2.75, 3.05) is 0 Å². The van der Waals surface area contributed by atoms with E-state index in [9.17, 15) is 10.1 Å². The van der Waals surface area contributed by atoms with Gasteiger partial charge in [-0.1, -0.05) is 16.9 Å².